The average molecular weight is 232 g/mol. The largest absolute Gasteiger partial charge is 0.468 e. The lowest BCUT2D eigenvalue weighted by Gasteiger charge is -2.08. The van der Waals surface area contributed by atoms with Gasteiger partial charge in [0.05, 0.1) is 12.6 Å². The van der Waals surface area contributed by atoms with Gasteiger partial charge in [-0.3, -0.25) is 4.79 Å². The van der Waals surface area contributed by atoms with Gasteiger partial charge in [0.2, 0.25) is 0 Å². The van der Waals surface area contributed by atoms with E-state index in [0.29, 0.717) is 17.3 Å². The number of hydrogen-bond acceptors (Lipinski definition) is 5. The van der Waals surface area contributed by atoms with E-state index in [9.17, 15) is 4.79 Å². The molecule has 88 valence electrons. The Balaban J connectivity index is 2.10. The van der Waals surface area contributed by atoms with Gasteiger partial charge in [0.15, 0.2) is 5.65 Å². The predicted molar refractivity (Wildman–Crippen MR) is 61.2 cm³/mol. The van der Waals surface area contributed by atoms with Crippen LogP contribution in [-0.2, 0) is 14.9 Å². The van der Waals surface area contributed by atoms with Crippen molar-refractivity contribution in [1.82, 2.24) is 15.0 Å². The third-order valence-electron chi connectivity index (χ3n) is 3.15. The highest BCUT2D eigenvalue weighted by atomic mass is 16.5. The zero-order valence-corrected chi connectivity index (χ0v) is 9.36. The summed E-state index contributed by atoms with van der Waals surface area (Å²) in [7, 11) is 1.39. The molecule has 0 radical (unpaired) electrons. The SMILES string of the molecule is COC(=O)C1(c2nc3nc(N)ccc3[nH]2)CC1. The fourth-order valence-corrected chi connectivity index (χ4v) is 1.99. The predicted octanol–water partition coefficient (Wildman–Crippen LogP) is 0.745. The summed E-state index contributed by atoms with van der Waals surface area (Å²) >= 11 is 0. The number of methoxy groups -OCH3 is 1. The van der Waals surface area contributed by atoms with E-state index in [4.69, 9.17) is 10.5 Å². The number of rotatable bonds is 2. The number of pyridine rings is 1. The molecule has 1 fully saturated rings. The third-order valence-corrected chi connectivity index (χ3v) is 3.15. The minimum absolute atomic E-state index is 0.246. The first-order valence-corrected chi connectivity index (χ1v) is 5.37. The summed E-state index contributed by atoms with van der Waals surface area (Å²) in [5, 5.41) is 0. The molecule has 0 saturated heterocycles. The number of carbonyl (C=O) groups excluding carboxylic acids is 1. The van der Waals surface area contributed by atoms with Crippen LogP contribution in [0.4, 0.5) is 5.82 Å². The second-order valence-corrected chi connectivity index (χ2v) is 4.27. The molecule has 0 aromatic carbocycles. The summed E-state index contributed by atoms with van der Waals surface area (Å²) in [4.78, 5) is 23.3. The number of H-pyrrole nitrogens is 1. The molecule has 2 heterocycles. The van der Waals surface area contributed by atoms with E-state index in [2.05, 4.69) is 15.0 Å². The average Bonchev–Trinajstić information content (AvgIpc) is 3.03. The van der Waals surface area contributed by atoms with Crippen LogP contribution in [0.25, 0.3) is 11.2 Å². The Hall–Kier alpha value is -2.11. The summed E-state index contributed by atoms with van der Waals surface area (Å²) in [6.45, 7) is 0. The molecule has 6 heteroatoms. The number of nitrogen functional groups attached to an aromatic ring is 1. The highest BCUT2D eigenvalue weighted by Gasteiger charge is 2.55. The van der Waals surface area contributed by atoms with Gasteiger partial charge in [-0.2, -0.15) is 0 Å². The topological polar surface area (TPSA) is 93.9 Å². The number of hydrogen-bond donors (Lipinski definition) is 2. The highest BCUT2D eigenvalue weighted by molar-refractivity contribution is 5.86. The van der Waals surface area contributed by atoms with Crippen molar-refractivity contribution in [3.63, 3.8) is 0 Å². The summed E-state index contributed by atoms with van der Waals surface area (Å²) < 4.78 is 4.81. The van der Waals surface area contributed by atoms with Crippen LogP contribution in [0.3, 0.4) is 0 Å². The fraction of sp³-hybridized carbons (Fsp3) is 0.364. The molecule has 1 aliphatic carbocycles. The summed E-state index contributed by atoms with van der Waals surface area (Å²) in [5.74, 6) is 0.792. The molecule has 17 heavy (non-hydrogen) atoms. The van der Waals surface area contributed by atoms with Gasteiger partial charge in [-0.1, -0.05) is 0 Å². The van der Waals surface area contributed by atoms with E-state index in [1.54, 1.807) is 6.07 Å². The molecule has 0 aliphatic heterocycles. The summed E-state index contributed by atoms with van der Waals surface area (Å²) in [6.07, 6.45) is 1.52. The van der Waals surface area contributed by atoms with Gasteiger partial charge in [0.25, 0.3) is 0 Å². The van der Waals surface area contributed by atoms with Crippen molar-refractivity contribution in [2.75, 3.05) is 12.8 Å². The minimum Gasteiger partial charge on any atom is -0.468 e. The smallest absolute Gasteiger partial charge is 0.319 e. The zero-order valence-electron chi connectivity index (χ0n) is 9.36. The monoisotopic (exact) mass is 232 g/mol. The van der Waals surface area contributed by atoms with Crippen LogP contribution in [0.5, 0.6) is 0 Å². The third kappa shape index (κ3) is 1.37. The number of imidazole rings is 1. The van der Waals surface area contributed by atoms with Crippen molar-refractivity contribution in [2.45, 2.75) is 18.3 Å². The van der Waals surface area contributed by atoms with E-state index < -0.39 is 5.41 Å². The van der Waals surface area contributed by atoms with Crippen LogP contribution < -0.4 is 5.73 Å². The maximum atomic E-state index is 11.7. The normalized spacial score (nSPS) is 17.0. The number of nitrogens with two attached hydrogens (primary N) is 1. The maximum Gasteiger partial charge on any atom is 0.319 e. The van der Waals surface area contributed by atoms with Gasteiger partial charge in [-0.05, 0) is 25.0 Å². The van der Waals surface area contributed by atoms with E-state index in [1.807, 2.05) is 6.07 Å². The number of aromatic nitrogens is 3. The number of carbonyl (C=O) groups is 1. The van der Waals surface area contributed by atoms with Gasteiger partial charge < -0.3 is 15.5 Å². The molecule has 0 bridgehead atoms. The first-order chi connectivity index (χ1) is 8.15. The Morgan fingerprint density at radius 2 is 2.24 bits per heavy atom. The second kappa shape index (κ2) is 3.19. The number of ether oxygens (including phenoxy) is 1. The number of aromatic amines is 1. The van der Waals surface area contributed by atoms with E-state index in [-0.39, 0.29) is 5.97 Å². The lowest BCUT2D eigenvalue weighted by atomic mass is 10.1. The van der Waals surface area contributed by atoms with Crippen molar-refractivity contribution >= 4 is 23.0 Å². The first-order valence-electron chi connectivity index (χ1n) is 5.37. The quantitative estimate of drug-likeness (QED) is 0.745. The Morgan fingerprint density at radius 3 is 2.88 bits per heavy atom. The molecule has 0 amide bonds. The molecule has 3 rings (SSSR count). The number of esters is 1. The second-order valence-electron chi connectivity index (χ2n) is 4.27. The highest BCUT2D eigenvalue weighted by Crippen LogP contribution is 2.48. The van der Waals surface area contributed by atoms with Crippen LogP contribution in [0.2, 0.25) is 0 Å². The molecular weight excluding hydrogens is 220 g/mol. The molecular formula is C11H12N4O2. The Morgan fingerprint density at radius 1 is 1.47 bits per heavy atom. The number of nitrogens with zero attached hydrogens (tertiary/aromatic N) is 2. The van der Waals surface area contributed by atoms with E-state index in [0.717, 1.165) is 18.4 Å². The van der Waals surface area contributed by atoms with Gasteiger partial charge in [0.1, 0.15) is 17.1 Å². The molecule has 2 aromatic heterocycles. The molecule has 1 saturated carbocycles. The van der Waals surface area contributed by atoms with Crippen molar-refractivity contribution in [3.8, 4) is 0 Å². The minimum atomic E-state index is -0.593. The van der Waals surface area contributed by atoms with Crippen molar-refractivity contribution < 1.29 is 9.53 Å². The Kier molecular flexibility index (Phi) is 1.89. The van der Waals surface area contributed by atoms with Gasteiger partial charge >= 0.3 is 5.97 Å². The molecule has 1 aliphatic rings. The molecule has 2 aromatic rings. The molecule has 0 atom stereocenters. The van der Waals surface area contributed by atoms with E-state index in [1.165, 1.54) is 7.11 Å². The van der Waals surface area contributed by atoms with Crippen LogP contribution in [-0.4, -0.2) is 28.0 Å². The Labute approximate surface area is 97.2 Å². The van der Waals surface area contributed by atoms with E-state index >= 15 is 0 Å². The van der Waals surface area contributed by atoms with Gasteiger partial charge in [-0.25, -0.2) is 9.97 Å². The number of anilines is 1. The first kappa shape index (κ1) is 10.1. The van der Waals surface area contributed by atoms with Crippen LogP contribution in [0.1, 0.15) is 18.7 Å². The standard InChI is InChI=1S/C11H12N4O2/c1-17-10(16)11(4-5-11)9-13-6-2-3-7(12)14-8(6)15-9/h2-3H,4-5H2,1H3,(H3,12,13,14,15). The van der Waals surface area contributed by atoms with Gasteiger partial charge in [-0.15, -0.1) is 0 Å². The molecule has 3 N–H and O–H groups in total. The Bertz CT molecular complexity index is 601. The summed E-state index contributed by atoms with van der Waals surface area (Å²) in [6, 6.07) is 3.50. The maximum absolute atomic E-state index is 11.7. The van der Waals surface area contributed by atoms with Crippen molar-refractivity contribution in [2.24, 2.45) is 0 Å². The number of nitrogens with one attached hydrogen (secondary N) is 1. The molecule has 6 nitrogen and oxygen atoms in total. The lowest BCUT2D eigenvalue weighted by Crippen LogP contribution is -2.23. The summed E-state index contributed by atoms with van der Waals surface area (Å²) in [5.41, 5.74) is 6.31. The molecule has 0 spiro atoms. The van der Waals surface area contributed by atoms with Crippen molar-refractivity contribution in [1.29, 1.82) is 0 Å². The number of fused-ring (bicyclic) bond motifs is 1. The fourth-order valence-electron chi connectivity index (χ4n) is 1.99. The zero-order chi connectivity index (χ0) is 12.0. The van der Waals surface area contributed by atoms with Crippen LogP contribution >= 0.6 is 0 Å². The van der Waals surface area contributed by atoms with Gasteiger partial charge in [0, 0.05) is 0 Å². The lowest BCUT2D eigenvalue weighted by molar-refractivity contribution is -0.143. The van der Waals surface area contributed by atoms with Crippen LogP contribution in [0.15, 0.2) is 12.1 Å². The van der Waals surface area contributed by atoms with Crippen molar-refractivity contribution in [3.05, 3.63) is 18.0 Å². The van der Waals surface area contributed by atoms with Crippen LogP contribution in [0, 0.1) is 0 Å². The molecule has 0 unspecified atom stereocenters.